The first-order valence-corrected chi connectivity index (χ1v) is 7.44. The van der Waals surface area contributed by atoms with Gasteiger partial charge in [-0.3, -0.25) is 9.82 Å². The van der Waals surface area contributed by atoms with Crippen molar-refractivity contribution in [2.24, 2.45) is 0 Å². The van der Waals surface area contributed by atoms with Gasteiger partial charge in [-0.15, -0.1) is 11.3 Å². The first kappa shape index (κ1) is 12.7. The van der Waals surface area contributed by atoms with E-state index < -0.39 is 10.0 Å². The molecule has 2 heterocycles. The van der Waals surface area contributed by atoms with E-state index in [4.69, 9.17) is 23.2 Å². The lowest BCUT2D eigenvalue weighted by molar-refractivity contribution is 0.601. The summed E-state index contributed by atoms with van der Waals surface area (Å²) in [7, 11) is -3.75. The molecule has 2 N–H and O–H groups in total. The van der Waals surface area contributed by atoms with Gasteiger partial charge in [0.1, 0.15) is 9.23 Å². The third kappa shape index (κ3) is 2.74. The number of H-pyrrole nitrogens is 1. The Balaban J connectivity index is 2.34. The van der Waals surface area contributed by atoms with Gasteiger partial charge in [-0.05, 0) is 13.0 Å². The van der Waals surface area contributed by atoms with Crippen LogP contribution in [0.2, 0.25) is 8.67 Å². The molecule has 17 heavy (non-hydrogen) atoms. The summed E-state index contributed by atoms with van der Waals surface area (Å²) in [4.78, 5) is -0.0465. The Morgan fingerprint density at radius 2 is 2.12 bits per heavy atom. The van der Waals surface area contributed by atoms with Crippen molar-refractivity contribution in [3.63, 3.8) is 0 Å². The van der Waals surface area contributed by atoms with Crippen LogP contribution in [-0.4, -0.2) is 18.6 Å². The fourth-order valence-corrected chi connectivity index (χ4v) is 4.31. The minimum absolute atomic E-state index is 0.0465. The van der Waals surface area contributed by atoms with Crippen LogP contribution in [-0.2, 0) is 10.0 Å². The smallest absolute Gasteiger partial charge is 0.265 e. The van der Waals surface area contributed by atoms with Crippen LogP contribution in [0.15, 0.2) is 17.0 Å². The van der Waals surface area contributed by atoms with Crippen molar-refractivity contribution in [3.8, 4) is 0 Å². The molecule has 0 unspecified atom stereocenters. The molecule has 0 fully saturated rings. The van der Waals surface area contributed by atoms with Crippen LogP contribution < -0.4 is 4.72 Å². The molecule has 2 aromatic heterocycles. The minimum Gasteiger partial charge on any atom is -0.281 e. The molecule has 0 spiro atoms. The van der Waals surface area contributed by atoms with Crippen LogP contribution in [0, 0.1) is 6.92 Å². The molecule has 92 valence electrons. The quantitative estimate of drug-likeness (QED) is 0.915. The number of hydrogen-bond acceptors (Lipinski definition) is 4. The van der Waals surface area contributed by atoms with Gasteiger partial charge in [0.05, 0.1) is 4.34 Å². The Bertz CT molecular complexity index is 648. The number of nitrogens with one attached hydrogen (secondary N) is 2. The van der Waals surface area contributed by atoms with E-state index in [0.29, 0.717) is 4.34 Å². The van der Waals surface area contributed by atoms with Crippen molar-refractivity contribution in [1.29, 1.82) is 0 Å². The summed E-state index contributed by atoms with van der Waals surface area (Å²) in [6.45, 7) is 1.76. The van der Waals surface area contributed by atoms with Crippen molar-refractivity contribution < 1.29 is 8.42 Å². The molecule has 2 rings (SSSR count). The van der Waals surface area contributed by atoms with Gasteiger partial charge >= 0.3 is 0 Å². The number of hydrogen-bond donors (Lipinski definition) is 2. The second-order valence-electron chi connectivity index (χ2n) is 3.23. The second kappa shape index (κ2) is 4.49. The molecule has 0 amide bonds. The van der Waals surface area contributed by atoms with E-state index in [1.165, 1.54) is 6.07 Å². The molecule has 0 saturated heterocycles. The highest BCUT2D eigenvalue weighted by Crippen LogP contribution is 2.34. The van der Waals surface area contributed by atoms with E-state index >= 15 is 0 Å². The summed E-state index contributed by atoms with van der Waals surface area (Å²) in [5.41, 5.74) is 0.747. The third-order valence-electron chi connectivity index (χ3n) is 1.86. The summed E-state index contributed by atoms with van der Waals surface area (Å²) >= 11 is 12.5. The fourth-order valence-electron chi connectivity index (χ4n) is 1.17. The SMILES string of the molecule is Cc1cc(NS(=O)(=O)c2cc(Cl)sc2Cl)n[nH]1. The van der Waals surface area contributed by atoms with Crippen molar-refractivity contribution >= 4 is 50.4 Å². The lowest BCUT2D eigenvalue weighted by Gasteiger charge is -2.02. The van der Waals surface area contributed by atoms with Gasteiger partial charge in [-0.2, -0.15) is 5.10 Å². The highest BCUT2D eigenvalue weighted by molar-refractivity contribution is 7.93. The fraction of sp³-hybridized carbons (Fsp3) is 0.125. The first-order valence-electron chi connectivity index (χ1n) is 4.38. The maximum absolute atomic E-state index is 11.9. The normalized spacial score (nSPS) is 11.7. The maximum atomic E-state index is 11.9. The molecule has 0 aromatic carbocycles. The number of aromatic nitrogens is 2. The van der Waals surface area contributed by atoms with Crippen molar-refractivity contribution in [2.75, 3.05) is 4.72 Å². The Morgan fingerprint density at radius 3 is 2.59 bits per heavy atom. The Kier molecular flexibility index (Phi) is 3.35. The van der Waals surface area contributed by atoms with Gasteiger partial charge in [-0.1, -0.05) is 23.2 Å². The predicted octanol–water partition coefficient (Wildman–Crippen LogP) is 2.89. The summed E-state index contributed by atoms with van der Waals surface area (Å²) in [6.07, 6.45) is 0. The highest BCUT2D eigenvalue weighted by Gasteiger charge is 2.21. The van der Waals surface area contributed by atoms with Gasteiger partial charge in [0, 0.05) is 11.8 Å². The molecule has 9 heteroatoms. The second-order valence-corrected chi connectivity index (χ2v) is 7.17. The molecule has 2 aromatic rings. The number of anilines is 1. The van der Waals surface area contributed by atoms with Gasteiger partial charge in [0.2, 0.25) is 0 Å². The summed E-state index contributed by atoms with van der Waals surface area (Å²) in [5, 5.41) is 6.40. The largest absolute Gasteiger partial charge is 0.281 e. The van der Waals surface area contributed by atoms with Gasteiger partial charge in [-0.25, -0.2) is 8.42 Å². The lowest BCUT2D eigenvalue weighted by Crippen LogP contribution is -2.12. The van der Waals surface area contributed by atoms with E-state index in [2.05, 4.69) is 14.9 Å². The zero-order chi connectivity index (χ0) is 12.6. The van der Waals surface area contributed by atoms with Gasteiger partial charge < -0.3 is 0 Å². The third-order valence-corrected chi connectivity index (χ3v) is 4.97. The molecule has 0 aliphatic heterocycles. The minimum atomic E-state index is -3.75. The Morgan fingerprint density at radius 1 is 1.41 bits per heavy atom. The van der Waals surface area contributed by atoms with Gasteiger partial charge in [0.25, 0.3) is 10.0 Å². The molecular weight excluding hydrogens is 305 g/mol. The van der Waals surface area contributed by atoms with Crippen LogP contribution in [0.25, 0.3) is 0 Å². The van der Waals surface area contributed by atoms with Crippen molar-refractivity contribution in [3.05, 3.63) is 26.5 Å². The molecule has 0 saturated carbocycles. The Labute approximate surface area is 112 Å². The van der Waals surface area contributed by atoms with E-state index in [1.807, 2.05) is 0 Å². The predicted molar refractivity (Wildman–Crippen MR) is 68.5 cm³/mol. The molecule has 0 atom stereocenters. The molecule has 0 aliphatic carbocycles. The molecule has 0 radical (unpaired) electrons. The average molecular weight is 312 g/mol. The molecule has 0 bridgehead atoms. The Hall–Kier alpha value is -0.760. The standard InChI is InChI=1S/C8H7Cl2N3O2S2/c1-4-2-7(12-11-4)13-17(14,15)5-3-6(9)16-8(5)10/h2-3H,1H3,(H2,11,12,13). The zero-order valence-electron chi connectivity index (χ0n) is 8.49. The van der Waals surface area contributed by atoms with E-state index in [9.17, 15) is 8.42 Å². The van der Waals surface area contributed by atoms with Crippen LogP contribution in [0.3, 0.4) is 0 Å². The molecular formula is C8H7Cl2N3O2S2. The number of thiophene rings is 1. The number of sulfonamides is 1. The average Bonchev–Trinajstić information content (AvgIpc) is 2.72. The number of aromatic amines is 1. The van der Waals surface area contributed by atoms with E-state index in [0.717, 1.165) is 17.0 Å². The maximum Gasteiger partial charge on any atom is 0.265 e. The number of rotatable bonds is 3. The van der Waals surface area contributed by atoms with Crippen LogP contribution in [0.1, 0.15) is 5.69 Å². The first-order chi connectivity index (χ1) is 7.88. The van der Waals surface area contributed by atoms with Crippen molar-refractivity contribution in [2.45, 2.75) is 11.8 Å². The molecule has 0 aliphatic rings. The van der Waals surface area contributed by atoms with Crippen LogP contribution in [0.4, 0.5) is 5.82 Å². The highest BCUT2D eigenvalue weighted by atomic mass is 35.5. The lowest BCUT2D eigenvalue weighted by atomic mass is 10.5. The zero-order valence-corrected chi connectivity index (χ0v) is 11.6. The van der Waals surface area contributed by atoms with Crippen LogP contribution in [0.5, 0.6) is 0 Å². The topological polar surface area (TPSA) is 74.8 Å². The monoisotopic (exact) mass is 311 g/mol. The number of nitrogens with zero attached hydrogens (tertiary/aromatic N) is 1. The van der Waals surface area contributed by atoms with Gasteiger partial charge in [0.15, 0.2) is 5.82 Å². The summed E-state index contributed by atoms with van der Waals surface area (Å²) in [6, 6.07) is 2.87. The van der Waals surface area contributed by atoms with E-state index in [-0.39, 0.29) is 15.0 Å². The van der Waals surface area contributed by atoms with Crippen molar-refractivity contribution in [1.82, 2.24) is 10.2 Å². The number of halogens is 2. The van der Waals surface area contributed by atoms with Crippen LogP contribution >= 0.6 is 34.5 Å². The summed E-state index contributed by atoms with van der Waals surface area (Å²) < 4.78 is 26.6. The van der Waals surface area contributed by atoms with E-state index in [1.54, 1.807) is 13.0 Å². The molecule has 5 nitrogen and oxygen atoms in total. The number of aryl methyl sites for hydroxylation is 1. The summed E-state index contributed by atoms with van der Waals surface area (Å²) in [5.74, 6) is 0.209.